The van der Waals surface area contributed by atoms with Crippen LogP contribution in [0, 0.1) is 18.6 Å². The van der Waals surface area contributed by atoms with E-state index in [1.807, 2.05) is 37.3 Å². The number of H-pyrrole nitrogens is 2. The SMILES string of the molecule is Cc1cc(CC[C@@H]2C[C@H](c3cc4ccccc4[nH]c3=O)CCN2C(=O)Oc2nccn2Cc2cc(F)cc(F)c2)cc2cn[nH]c12. The van der Waals surface area contributed by atoms with Gasteiger partial charge in [0, 0.05) is 47.5 Å². The first kappa shape index (κ1) is 29.4. The number of hydrogen-bond acceptors (Lipinski definition) is 5. The van der Waals surface area contributed by atoms with Gasteiger partial charge in [0.2, 0.25) is 0 Å². The fraction of sp³-hybridized carbons (Fsp3) is 0.257. The van der Waals surface area contributed by atoms with Gasteiger partial charge in [0.25, 0.3) is 5.56 Å². The number of rotatable bonds is 7. The number of halogens is 2. The maximum Gasteiger partial charge on any atom is 0.417 e. The standard InChI is InChI=1S/C35H32F2N6O3/c1-21-12-22(13-26-19-39-41-32(21)26)6-7-29-16-24(30-17-25-4-2-3-5-31(25)40-33(30)44)8-10-43(29)35(45)46-34-38-9-11-42(34)20-23-14-27(36)18-28(37)15-23/h2-5,9,11-15,17-19,24,29H,6-8,10,16,20H2,1H3,(H,39,41)(H,40,44)/t24-,29-/m1/s1. The van der Waals surface area contributed by atoms with Crippen molar-refractivity contribution in [1.82, 2.24) is 29.6 Å². The Kier molecular flexibility index (Phi) is 7.81. The van der Waals surface area contributed by atoms with Crippen molar-refractivity contribution in [3.63, 3.8) is 0 Å². The number of carbonyl (C=O) groups is 1. The van der Waals surface area contributed by atoms with Crippen LogP contribution in [-0.4, -0.2) is 48.3 Å². The van der Waals surface area contributed by atoms with Gasteiger partial charge in [-0.15, -0.1) is 0 Å². The van der Waals surface area contributed by atoms with Crippen LogP contribution in [0.25, 0.3) is 21.8 Å². The third-order valence-electron chi connectivity index (χ3n) is 8.88. The molecular weight excluding hydrogens is 590 g/mol. The summed E-state index contributed by atoms with van der Waals surface area (Å²) in [6.45, 7) is 2.50. The number of hydrogen-bond donors (Lipinski definition) is 2. The van der Waals surface area contributed by atoms with Crippen LogP contribution >= 0.6 is 0 Å². The highest BCUT2D eigenvalue weighted by molar-refractivity contribution is 5.82. The lowest BCUT2D eigenvalue weighted by molar-refractivity contribution is 0.0994. The summed E-state index contributed by atoms with van der Waals surface area (Å²) in [5.41, 5.74) is 4.98. The Labute approximate surface area is 262 Å². The molecule has 2 atom stereocenters. The first-order chi connectivity index (χ1) is 22.3. The second kappa shape index (κ2) is 12.2. The summed E-state index contributed by atoms with van der Waals surface area (Å²) in [6, 6.07) is 17.0. The summed E-state index contributed by atoms with van der Waals surface area (Å²) in [4.78, 5) is 35.8. The molecule has 1 aliphatic heterocycles. The molecule has 234 valence electrons. The van der Waals surface area contributed by atoms with Crippen molar-refractivity contribution >= 4 is 27.9 Å². The van der Waals surface area contributed by atoms with Gasteiger partial charge >= 0.3 is 12.1 Å². The quantitative estimate of drug-likeness (QED) is 0.208. The molecule has 0 spiro atoms. The number of fused-ring (bicyclic) bond motifs is 2. The Morgan fingerprint density at radius 3 is 2.72 bits per heavy atom. The molecule has 0 unspecified atom stereocenters. The Morgan fingerprint density at radius 1 is 1.04 bits per heavy atom. The number of aromatic nitrogens is 5. The number of amides is 1. The molecule has 0 bridgehead atoms. The van der Waals surface area contributed by atoms with E-state index < -0.39 is 17.7 Å². The number of para-hydroxylation sites is 1. The van der Waals surface area contributed by atoms with E-state index in [0.717, 1.165) is 39.0 Å². The van der Waals surface area contributed by atoms with E-state index >= 15 is 0 Å². The van der Waals surface area contributed by atoms with Gasteiger partial charge in [-0.3, -0.25) is 14.5 Å². The summed E-state index contributed by atoms with van der Waals surface area (Å²) >= 11 is 0. The third kappa shape index (κ3) is 6.00. The molecule has 1 fully saturated rings. The molecule has 46 heavy (non-hydrogen) atoms. The topological polar surface area (TPSA) is 109 Å². The summed E-state index contributed by atoms with van der Waals surface area (Å²) in [7, 11) is 0. The van der Waals surface area contributed by atoms with E-state index in [4.69, 9.17) is 4.74 Å². The Hall–Kier alpha value is -5.32. The number of imidazole rings is 1. The van der Waals surface area contributed by atoms with Crippen molar-refractivity contribution in [3.8, 4) is 6.01 Å². The minimum atomic E-state index is -0.688. The molecule has 11 heteroatoms. The van der Waals surface area contributed by atoms with Gasteiger partial charge in [0.15, 0.2) is 0 Å². The smallest absolute Gasteiger partial charge is 0.375 e. The number of aromatic amines is 2. The van der Waals surface area contributed by atoms with Crippen LogP contribution in [0.3, 0.4) is 0 Å². The van der Waals surface area contributed by atoms with Crippen LogP contribution in [0.4, 0.5) is 13.6 Å². The third-order valence-corrected chi connectivity index (χ3v) is 8.88. The number of aryl methyl sites for hydroxylation is 2. The minimum absolute atomic E-state index is 0.0301. The molecular formula is C35H32F2N6O3. The molecule has 4 heterocycles. The van der Waals surface area contributed by atoms with Crippen LogP contribution in [-0.2, 0) is 13.0 Å². The van der Waals surface area contributed by atoms with E-state index in [1.54, 1.807) is 17.3 Å². The van der Waals surface area contributed by atoms with Crippen molar-refractivity contribution in [3.05, 3.63) is 123 Å². The number of nitrogens with one attached hydrogen (secondary N) is 2. The number of likely N-dealkylation sites (tertiary alicyclic amines) is 1. The van der Waals surface area contributed by atoms with Gasteiger partial charge in [-0.1, -0.05) is 24.3 Å². The maximum atomic E-state index is 13.8. The van der Waals surface area contributed by atoms with Crippen LogP contribution in [0.1, 0.15) is 47.4 Å². The summed E-state index contributed by atoms with van der Waals surface area (Å²) in [6.07, 6.45) is 6.84. The zero-order valence-electron chi connectivity index (χ0n) is 25.2. The lowest BCUT2D eigenvalue weighted by Crippen LogP contribution is -2.47. The fourth-order valence-corrected chi connectivity index (χ4v) is 6.66. The predicted molar refractivity (Wildman–Crippen MR) is 170 cm³/mol. The van der Waals surface area contributed by atoms with Crippen LogP contribution in [0.2, 0.25) is 0 Å². The fourth-order valence-electron chi connectivity index (χ4n) is 6.66. The van der Waals surface area contributed by atoms with Gasteiger partial charge in [-0.05, 0) is 90.9 Å². The number of ether oxygens (including phenoxy) is 1. The zero-order valence-corrected chi connectivity index (χ0v) is 25.2. The second-order valence-corrected chi connectivity index (χ2v) is 12.0. The van der Waals surface area contributed by atoms with Crippen molar-refractivity contribution in [2.24, 2.45) is 0 Å². The van der Waals surface area contributed by atoms with Crippen molar-refractivity contribution in [2.45, 2.75) is 51.1 Å². The Morgan fingerprint density at radius 2 is 1.87 bits per heavy atom. The highest BCUT2D eigenvalue weighted by Crippen LogP contribution is 2.34. The summed E-state index contributed by atoms with van der Waals surface area (Å²) in [5, 5.41) is 9.19. The van der Waals surface area contributed by atoms with E-state index in [-0.39, 0.29) is 30.1 Å². The van der Waals surface area contributed by atoms with E-state index in [0.29, 0.717) is 43.4 Å². The van der Waals surface area contributed by atoms with E-state index in [9.17, 15) is 18.4 Å². The lowest BCUT2D eigenvalue weighted by Gasteiger charge is -2.38. The predicted octanol–water partition coefficient (Wildman–Crippen LogP) is 6.62. The second-order valence-electron chi connectivity index (χ2n) is 12.0. The van der Waals surface area contributed by atoms with Gasteiger partial charge in [0.1, 0.15) is 11.6 Å². The summed E-state index contributed by atoms with van der Waals surface area (Å²) < 4.78 is 34.9. The molecule has 2 N–H and O–H groups in total. The maximum absolute atomic E-state index is 13.8. The largest absolute Gasteiger partial charge is 0.417 e. The van der Waals surface area contributed by atoms with Crippen LogP contribution in [0.5, 0.6) is 6.01 Å². The molecule has 7 rings (SSSR count). The van der Waals surface area contributed by atoms with Crippen molar-refractivity contribution in [1.29, 1.82) is 0 Å². The molecule has 9 nitrogen and oxygen atoms in total. The highest BCUT2D eigenvalue weighted by Gasteiger charge is 2.35. The van der Waals surface area contributed by atoms with E-state index in [1.165, 1.54) is 22.9 Å². The van der Waals surface area contributed by atoms with Crippen molar-refractivity contribution in [2.75, 3.05) is 6.54 Å². The zero-order chi connectivity index (χ0) is 31.8. The lowest BCUT2D eigenvalue weighted by atomic mass is 9.83. The molecule has 0 radical (unpaired) electrons. The number of pyridine rings is 1. The number of piperidine rings is 1. The van der Waals surface area contributed by atoms with Gasteiger partial charge in [-0.25, -0.2) is 18.6 Å². The van der Waals surface area contributed by atoms with Gasteiger partial charge in [-0.2, -0.15) is 5.10 Å². The molecule has 0 saturated carbocycles. The van der Waals surface area contributed by atoms with E-state index in [2.05, 4.69) is 32.3 Å². The normalized spacial score (nSPS) is 16.7. The Balaban J connectivity index is 1.14. The van der Waals surface area contributed by atoms with Crippen molar-refractivity contribution < 1.29 is 18.3 Å². The highest BCUT2D eigenvalue weighted by atomic mass is 19.1. The van der Waals surface area contributed by atoms with Crippen LogP contribution in [0.15, 0.2) is 84.0 Å². The number of benzene rings is 3. The first-order valence-electron chi connectivity index (χ1n) is 15.3. The molecule has 0 aliphatic carbocycles. The minimum Gasteiger partial charge on any atom is -0.375 e. The molecule has 6 aromatic rings. The first-order valence-corrected chi connectivity index (χ1v) is 15.3. The molecule has 1 saturated heterocycles. The average molecular weight is 623 g/mol. The molecule has 3 aromatic heterocycles. The average Bonchev–Trinajstić information content (AvgIpc) is 3.69. The molecule has 3 aromatic carbocycles. The molecule has 1 amide bonds. The van der Waals surface area contributed by atoms with Gasteiger partial charge < -0.3 is 14.6 Å². The Bertz CT molecular complexity index is 2100. The molecule has 1 aliphatic rings. The van der Waals surface area contributed by atoms with Crippen LogP contribution < -0.4 is 10.3 Å². The van der Waals surface area contributed by atoms with Gasteiger partial charge in [0.05, 0.1) is 18.3 Å². The number of nitrogens with zero attached hydrogens (tertiary/aromatic N) is 4. The summed E-state index contributed by atoms with van der Waals surface area (Å²) in [5.74, 6) is -1.43. The monoisotopic (exact) mass is 622 g/mol. The number of carbonyl (C=O) groups excluding carboxylic acids is 1.